The molecular weight excluding hydrogens is 324 g/mol. The Labute approximate surface area is 154 Å². The smallest absolute Gasteiger partial charge is 0.228 e. The Bertz CT molecular complexity index is 874. The summed E-state index contributed by atoms with van der Waals surface area (Å²) in [6, 6.07) is 14.3. The van der Waals surface area contributed by atoms with Gasteiger partial charge in [-0.25, -0.2) is 0 Å². The number of benzene rings is 2. The molecule has 0 aromatic heterocycles. The van der Waals surface area contributed by atoms with Crippen molar-refractivity contribution < 1.29 is 9.59 Å². The van der Waals surface area contributed by atoms with Gasteiger partial charge in [-0.15, -0.1) is 0 Å². The van der Waals surface area contributed by atoms with Crippen LogP contribution in [-0.2, 0) is 22.6 Å². The second-order valence-electron chi connectivity index (χ2n) is 7.53. The van der Waals surface area contributed by atoms with Gasteiger partial charge >= 0.3 is 0 Å². The van der Waals surface area contributed by atoms with Gasteiger partial charge < -0.3 is 10.2 Å². The van der Waals surface area contributed by atoms with Gasteiger partial charge in [-0.1, -0.05) is 36.4 Å². The van der Waals surface area contributed by atoms with E-state index in [9.17, 15) is 9.59 Å². The van der Waals surface area contributed by atoms with Gasteiger partial charge in [0.15, 0.2) is 0 Å². The van der Waals surface area contributed by atoms with Gasteiger partial charge in [0.05, 0.1) is 11.8 Å². The summed E-state index contributed by atoms with van der Waals surface area (Å²) in [6.07, 6.45) is 1.56. The average Bonchev–Trinajstić information content (AvgIpc) is 3.44. The normalized spacial score (nSPS) is 21.1. The first-order valence-corrected chi connectivity index (χ1v) is 9.26. The average molecular weight is 348 g/mol. The maximum absolute atomic E-state index is 12.8. The quantitative estimate of drug-likeness (QED) is 0.923. The zero-order chi connectivity index (χ0) is 18.3. The molecule has 0 spiro atoms. The molecule has 1 saturated carbocycles. The van der Waals surface area contributed by atoms with Gasteiger partial charge in [0, 0.05) is 18.8 Å². The second kappa shape index (κ2) is 6.60. The van der Waals surface area contributed by atoms with Gasteiger partial charge in [0.2, 0.25) is 11.8 Å². The molecule has 1 aliphatic carbocycles. The molecule has 4 heteroatoms. The van der Waals surface area contributed by atoms with Crippen LogP contribution in [0.25, 0.3) is 0 Å². The van der Waals surface area contributed by atoms with Crippen LogP contribution >= 0.6 is 0 Å². The van der Waals surface area contributed by atoms with E-state index in [1.807, 2.05) is 49.1 Å². The summed E-state index contributed by atoms with van der Waals surface area (Å²) in [5.74, 6) is -0.264. The van der Waals surface area contributed by atoms with E-state index in [0.29, 0.717) is 13.0 Å². The molecule has 2 unspecified atom stereocenters. The first-order chi connectivity index (χ1) is 12.5. The van der Waals surface area contributed by atoms with Crippen LogP contribution in [0, 0.1) is 25.7 Å². The molecule has 2 aliphatic rings. The van der Waals surface area contributed by atoms with Crippen LogP contribution in [0.4, 0.5) is 5.69 Å². The van der Waals surface area contributed by atoms with Gasteiger partial charge in [-0.2, -0.15) is 0 Å². The maximum atomic E-state index is 12.8. The number of nitrogens with one attached hydrogen (secondary N) is 1. The lowest BCUT2D eigenvalue weighted by molar-refractivity contribution is -0.135. The molecule has 0 bridgehead atoms. The molecule has 26 heavy (non-hydrogen) atoms. The number of fused-ring (bicyclic) bond motifs is 1. The highest BCUT2D eigenvalue weighted by atomic mass is 16.2. The first-order valence-electron chi connectivity index (χ1n) is 9.26. The number of hydrogen-bond donors (Lipinski definition) is 1. The number of nitrogens with zero attached hydrogens (tertiary/aromatic N) is 1. The van der Waals surface area contributed by atoms with Crippen molar-refractivity contribution >= 4 is 17.5 Å². The monoisotopic (exact) mass is 348 g/mol. The van der Waals surface area contributed by atoms with Crippen LogP contribution in [0.15, 0.2) is 42.5 Å². The molecule has 1 N–H and O–H groups in total. The summed E-state index contributed by atoms with van der Waals surface area (Å²) in [7, 11) is 0. The minimum atomic E-state index is -0.195. The van der Waals surface area contributed by atoms with Crippen LogP contribution in [0.5, 0.6) is 0 Å². The molecule has 2 amide bonds. The van der Waals surface area contributed by atoms with Gasteiger partial charge in [0.25, 0.3) is 0 Å². The number of amides is 2. The highest BCUT2D eigenvalue weighted by molar-refractivity contribution is 6.00. The topological polar surface area (TPSA) is 49.4 Å². The van der Waals surface area contributed by atoms with E-state index in [1.54, 1.807) is 0 Å². The van der Waals surface area contributed by atoms with Crippen molar-refractivity contribution in [2.45, 2.75) is 33.2 Å². The highest BCUT2D eigenvalue weighted by Crippen LogP contribution is 2.41. The zero-order valence-corrected chi connectivity index (χ0v) is 15.3. The Hall–Kier alpha value is -2.62. The van der Waals surface area contributed by atoms with E-state index >= 15 is 0 Å². The molecule has 0 radical (unpaired) electrons. The Morgan fingerprint density at radius 2 is 1.81 bits per heavy atom. The van der Waals surface area contributed by atoms with E-state index in [-0.39, 0.29) is 23.7 Å². The van der Waals surface area contributed by atoms with Crippen LogP contribution in [0.2, 0.25) is 0 Å². The fraction of sp³-hybridized carbons (Fsp3) is 0.364. The molecular formula is C22H24N2O2. The number of anilines is 1. The number of hydrogen-bond acceptors (Lipinski definition) is 2. The van der Waals surface area contributed by atoms with Crippen LogP contribution < -0.4 is 5.32 Å². The minimum Gasteiger partial charge on any atom is -0.338 e. The second-order valence-corrected chi connectivity index (χ2v) is 7.53. The van der Waals surface area contributed by atoms with E-state index in [1.165, 1.54) is 11.1 Å². The summed E-state index contributed by atoms with van der Waals surface area (Å²) >= 11 is 0. The third-order valence-corrected chi connectivity index (χ3v) is 5.54. The van der Waals surface area contributed by atoms with Gasteiger partial charge in [-0.3, -0.25) is 9.59 Å². The number of carbonyl (C=O) groups excluding carboxylic acids is 2. The van der Waals surface area contributed by atoms with E-state index in [2.05, 4.69) is 17.4 Å². The zero-order valence-electron chi connectivity index (χ0n) is 15.3. The van der Waals surface area contributed by atoms with Crippen LogP contribution in [0.1, 0.15) is 28.7 Å². The van der Waals surface area contributed by atoms with Crippen molar-refractivity contribution in [3.05, 3.63) is 64.7 Å². The predicted molar refractivity (Wildman–Crippen MR) is 102 cm³/mol. The first kappa shape index (κ1) is 16.8. The molecule has 4 nitrogen and oxygen atoms in total. The largest absolute Gasteiger partial charge is 0.338 e. The lowest BCUT2D eigenvalue weighted by atomic mass is 9.99. The number of carbonyl (C=O) groups is 2. The van der Waals surface area contributed by atoms with Crippen LogP contribution in [0.3, 0.4) is 0 Å². The molecule has 1 heterocycles. The molecule has 1 fully saturated rings. The Balaban J connectivity index is 1.38. The van der Waals surface area contributed by atoms with Crippen LogP contribution in [-0.4, -0.2) is 23.3 Å². The molecule has 1 aliphatic heterocycles. The Kier molecular flexibility index (Phi) is 4.27. The van der Waals surface area contributed by atoms with Crippen molar-refractivity contribution in [1.29, 1.82) is 0 Å². The lowest BCUT2D eigenvalue weighted by Crippen LogP contribution is -2.37. The fourth-order valence-electron chi connectivity index (χ4n) is 3.77. The van der Waals surface area contributed by atoms with Crippen molar-refractivity contribution in [2.75, 3.05) is 11.9 Å². The Morgan fingerprint density at radius 1 is 1.04 bits per heavy atom. The van der Waals surface area contributed by atoms with E-state index < -0.39 is 0 Å². The number of rotatable bonds is 3. The lowest BCUT2D eigenvalue weighted by Gasteiger charge is -2.29. The van der Waals surface area contributed by atoms with Crippen molar-refractivity contribution in [1.82, 2.24) is 4.90 Å². The molecule has 2 atom stereocenters. The highest BCUT2D eigenvalue weighted by Gasteiger charge is 2.49. The molecule has 2 aromatic carbocycles. The fourth-order valence-corrected chi connectivity index (χ4v) is 3.77. The molecule has 0 saturated heterocycles. The summed E-state index contributed by atoms with van der Waals surface area (Å²) in [4.78, 5) is 27.3. The minimum absolute atomic E-state index is 0.0329. The summed E-state index contributed by atoms with van der Waals surface area (Å²) in [5, 5.41) is 3.01. The van der Waals surface area contributed by atoms with Gasteiger partial charge in [-0.05, 0) is 55.0 Å². The summed E-state index contributed by atoms with van der Waals surface area (Å²) in [6.45, 7) is 5.40. The van der Waals surface area contributed by atoms with Crippen molar-refractivity contribution in [3.63, 3.8) is 0 Å². The standard InChI is InChI=1S/C22H24N2O2/c1-14-7-8-15(2)20(11-14)23-21(25)18-12-19(18)22(26)24-10-9-16-5-3-4-6-17(16)13-24/h3-8,11,18-19H,9-10,12-13H2,1-2H3,(H,23,25). The van der Waals surface area contributed by atoms with Crippen molar-refractivity contribution in [3.8, 4) is 0 Å². The third kappa shape index (κ3) is 3.24. The Morgan fingerprint density at radius 3 is 2.62 bits per heavy atom. The molecule has 4 rings (SSSR count). The van der Waals surface area contributed by atoms with E-state index in [4.69, 9.17) is 0 Å². The summed E-state index contributed by atoms with van der Waals surface area (Å²) in [5.41, 5.74) is 5.56. The van der Waals surface area contributed by atoms with Crippen molar-refractivity contribution in [2.24, 2.45) is 11.8 Å². The third-order valence-electron chi connectivity index (χ3n) is 5.54. The maximum Gasteiger partial charge on any atom is 0.228 e. The SMILES string of the molecule is Cc1ccc(C)c(NC(=O)C2CC2C(=O)N2CCc3ccccc3C2)c1. The van der Waals surface area contributed by atoms with Gasteiger partial charge in [0.1, 0.15) is 0 Å². The predicted octanol–water partition coefficient (Wildman–Crippen LogP) is 3.46. The summed E-state index contributed by atoms with van der Waals surface area (Å²) < 4.78 is 0. The molecule has 134 valence electrons. The number of aryl methyl sites for hydroxylation is 2. The molecule has 2 aromatic rings. The van der Waals surface area contributed by atoms with E-state index in [0.717, 1.165) is 29.8 Å².